The molecule has 1 aliphatic heterocycles. The highest BCUT2D eigenvalue weighted by molar-refractivity contribution is 14.0. The first-order valence-electron chi connectivity index (χ1n) is 10.6. The number of piperazine rings is 1. The molecule has 1 saturated heterocycles. The summed E-state index contributed by atoms with van der Waals surface area (Å²) in [5.41, 5.74) is 1.12. The van der Waals surface area contributed by atoms with Gasteiger partial charge in [0, 0.05) is 58.7 Å². The van der Waals surface area contributed by atoms with E-state index in [4.69, 9.17) is 4.74 Å². The topological polar surface area (TPSA) is 65.0 Å². The summed E-state index contributed by atoms with van der Waals surface area (Å²) in [5, 5.41) is 6.67. The lowest BCUT2D eigenvalue weighted by Crippen LogP contribution is -2.44. The predicted molar refractivity (Wildman–Crippen MR) is 132 cm³/mol. The van der Waals surface area contributed by atoms with Gasteiger partial charge in [0.25, 0.3) is 0 Å². The first-order valence-corrected chi connectivity index (χ1v) is 10.6. The number of likely N-dealkylation sites (N-methyl/N-ethyl adjacent to an activating group) is 1. The van der Waals surface area contributed by atoms with E-state index in [0.717, 1.165) is 76.2 Å². The van der Waals surface area contributed by atoms with Crippen molar-refractivity contribution in [3.63, 3.8) is 0 Å². The maximum absolute atomic E-state index is 5.62. The Labute approximate surface area is 193 Å². The minimum atomic E-state index is 0. The second-order valence-electron chi connectivity index (χ2n) is 7.76. The van der Waals surface area contributed by atoms with Crippen LogP contribution in [0.25, 0.3) is 0 Å². The van der Waals surface area contributed by atoms with Crippen molar-refractivity contribution in [2.24, 2.45) is 10.9 Å². The summed E-state index contributed by atoms with van der Waals surface area (Å²) in [6, 6.07) is 4.25. The van der Waals surface area contributed by atoms with Gasteiger partial charge < -0.3 is 25.2 Å². The van der Waals surface area contributed by atoms with Gasteiger partial charge in [-0.3, -0.25) is 0 Å². The highest BCUT2D eigenvalue weighted by Gasteiger charge is 2.14. The van der Waals surface area contributed by atoms with Crippen LogP contribution in [-0.2, 0) is 11.3 Å². The molecule has 0 amide bonds. The summed E-state index contributed by atoms with van der Waals surface area (Å²) in [5.74, 6) is 2.49. The van der Waals surface area contributed by atoms with E-state index in [-0.39, 0.29) is 24.0 Å². The second kappa shape index (κ2) is 14.8. The first kappa shape index (κ1) is 25.9. The average Bonchev–Trinajstić information content (AvgIpc) is 2.69. The van der Waals surface area contributed by atoms with Crippen molar-refractivity contribution in [1.82, 2.24) is 20.5 Å². The highest BCUT2D eigenvalue weighted by Crippen LogP contribution is 2.14. The zero-order valence-corrected chi connectivity index (χ0v) is 20.8. The highest BCUT2D eigenvalue weighted by atomic mass is 127. The van der Waals surface area contributed by atoms with E-state index >= 15 is 0 Å². The molecule has 0 aliphatic carbocycles. The Hall–Kier alpha value is -1.13. The van der Waals surface area contributed by atoms with Crippen LogP contribution in [0.4, 0.5) is 5.82 Å². The van der Waals surface area contributed by atoms with E-state index in [0.29, 0.717) is 12.5 Å². The summed E-state index contributed by atoms with van der Waals surface area (Å²) in [7, 11) is 2.17. The Bertz CT molecular complexity index is 573. The molecule has 0 aromatic carbocycles. The maximum atomic E-state index is 5.62. The summed E-state index contributed by atoms with van der Waals surface area (Å²) in [6.45, 7) is 14.6. The number of aliphatic imine (C=N–C) groups is 1. The number of halogens is 1. The van der Waals surface area contributed by atoms with Crippen molar-refractivity contribution in [2.45, 2.75) is 33.7 Å². The summed E-state index contributed by atoms with van der Waals surface area (Å²) in [4.78, 5) is 14.0. The minimum absolute atomic E-state index is 0. The first-order chi connectivity index (χ1) is 13.6. The van der Waals surface area contributed by atoms with Gasteiger partial charge in [-0.1, -0.05) is 19.9 Å². The van der Waals surface area contributed by atoms with Crippen LogP contribution in [0.2, 0.25) is 0 Å². The Morgan fingerprint density at radius 3 is 2.59 bits per heavy atom. The van der Waals surface area contributed by atoms with Crippen LogP contribution in [0.3, 0.4) is 0 Å². The Morgan fingerprint density at radius 2 is 1.97 bits per heavy atom. The Kier molecular flexibility index (Phi) is 13.2. The van der Waals surface area contributed by atoms with Crippen LogP contribution in [0.5, 0.6) is 0 Å². The van der Waals surface area contributed by atoms with E-state index < -0.39 is 0 Å². The van der Waals surface area contributed by atoms with E-state index in [1.165, 1.54) is 0 Å². The molecule has 166 valence electrons. The van der Waals surface area contributed by atoms with E-state index in [1.807, 2.05) is 6.20 Å². The van der Waals surface area contributed by atoms with Crippen LogP contribution in [0.15, 0.2) is 23.3 Å². The summed E-state index contributed by atoms with van der Waals surface area (Å²) >= 11 is 0. The van der Waals surface area contributed by atoms with E-state index in [2.05, 4.69) is 70.4 Å². The molecule has 0 saturated carbocycles. The zero-order valence-electron chi connectivity index (χ0n) is 18.5. The van der Waals surface area contributed by atoms with Crippen LogP contribution < -0.4 is 15.5 Å². The van der Waals surface area contributed by atoms with E-state index in [9.17, 15) is 0 Å². The molecular weight excluding hydrogens is 479 g/mol. The van der Waals surface area contributed by atoms with Crippen LogP contribution in [-0.4, -0.2) is 75.4 Å². The number of ether oxygens (including phenoxy) is 1. The fraction of sp³-hybridized carbons (Fsp3) is 0.714. The molecule has 2 rings (SSSR count). The Morgan fingerprint density at radius 1 is 1.21 bits per heavy atom. The lowest BCUT2D eigenvalue weighted by molar-refractivity contribution is 0.108. The molecule has 1 aliphatic rings. The van der Waals surface area contributed by atoms with Crippen molar-refractivity contribution in [1.29, 1.82) is 0 Å². The smallest absolute Gasteiger partial charge is 0.191 e. The normalized spacial score (nSPS) is 15.3. The number of nitrogens with one attached hydrogen (secondary N) is 2. The van der Waals surface area contributed by atoms with Gasteiger partial charge in [-0.2, -0.15) is 0 Å². The monoisotopic (exact) mass is 518 g/mol. The van der Waals surface area contributed by atoms with Gasteiger partial charge in [0.15, 0.2) is 5.96 Å². The van der Waals surface area contributed by atoms with Crippen molar-refractivity contribution < 1.29 is 4.74 Å². The van der Waals surface area contributed by atoms with Gasteiger partial charge >= 0.3 is 0 Å². The fourth-order valence-electron chi connectivity index (χ4n) is 2.94. The minimum Gasteiger partial charge on any atom is -0.381 e. The fourth-order valence-corrected chi connectivity index (χ4v) is 2.94. The van der Waals surface area contributed by atoms with Gasteiger partial charge in [-0.25, -0.2) is 9.98 Å². The van der Waals surface area contributed by atoms with Crippen molar-refractivity contribution in [3.8, 4) is 0 Å². The molecule has 7 nitrogen and oxygen atoms in total. The molecule has 0 spiro atoms. The number of anilines is 1. The average molecular weight is 518 g/mol. The molecular formula is C21H39IN6O. The maximum Gasteiger partial charge on any atom is 0.191 e. The standard InChI is InChI=1S/C21H38N6O.HI/c1-5-22-21(23-9-6-14-28-17-18(2)3)25-16-19-7-8-20(24-15-19)27-12-10-26(4)11-13-27;/h7-8,15,18H,5-6,9-14,16-17H2,1-4H3,(H2,22,23,25);1H. The lowest BCUT2D eigenvalue weighted by Gasteiger charge is -2.33. The second-order valence-corrected chi connectivity index (χ2v) is 7.76. The molecule has 0 atom stereocenters. The molecule has 2 N–H and O–H groups in total. The van der Waals surface area contributed by atoms with Gasteiger partial charge in [-0.15, -0.1) is 24.0 Å². The molecule has 0 unspecified atom stereocenters. The molecule has 0 bridgehead atoms. The zero-order chi connectivity index (χ0) is 20.2. The number of nitrogens with zero attached hydrogens (tertiary/aromatic N) is 4. The Balaban J connectivity index is 0.00000420. The number of rotatable bonds is 10. The number of aromatic nitrogens is 1. The predicted octanol–water partition coefficient (Wildman–Crippen LogP) is 2.57. The van der Waals surface area contributed by atoms with Gasteiger partial charge in [0.2, 0.25) is 0 Å². The third-order valence-electron chi connectivity index (χ3n) is 4.61. The lowest BCUT2D eigenvalue weighted by atomic mass is 10.2. The van der Waals surface area contributed by atoms with Gasteiger partial charge in [-0.05, 0) is 37.9 Å². The largest absolute Gasteiger partial charge is 0.381 e. The van der Waals surface area contributed by atoms with Crippen LogP contribution >= 0.6 is 24.0 Å². The summed E-state index contributed by atoms with van der Waals surface area (Å²) < 4.78 is 5.62. The van der Waals surface area contributed by atoms with Gasteiger partial charge in [0.1, 0.15) is 5.82 Å². The van der Waals surface area contributed by atoms with Gasteiger partial charge in [0.05, 0.1) is 6.54 Å². The quantitative estimate of drug-likeness (QED) is 0.215. The van der Waals surface area contributed by atoms with Crippen molar-refractivity contribution in [2.75, 3.05) is 64.4 Å². The molecule has 1 fully saturated rings. The van der Waals surface area contributed by atoms with Crippen LogP contribution in [0.1, 0.15) is 32.8 Å². The molecule has 2 heterocycles. The number of pyridine rings is 1. The number of hydrogen-bond donors (Lipinski definition) is 2. The van der Waals surface area contributed by atoms with E-state index in [1.54, 1.807) is 0 Å². The number of hydrogen-bond acceptors (Lipinski definition) is 5. The third-order valence-corrected chi connectivity index (χ3v) is 4.61. The molecule has 29 heavy (non-hydrogen) atoms. The summed E-state index contributed by atoms with van der Waals surface area (Å²) in [6.07, 6.45) is 2.92. The number of guanidine groups is 1. The SMILES string of the molecule is CCNC(=NCc1ccc(N2CCN(C)CC2)nc1)NCCCOCC(C)C.I. The molecule has 1 aromatic rings. The van der Waals surface area contributed by atoms with Crippen molar-refractivity contribution in [3.05, 3.63) is 23.9 Å². The third kappa shape index (κ3) is 10.5. The molecule has 1 aromatic heterocycles. The molecule has 0 radical (unpaired) electrons. The van der Waals surface area contributed by atoms with Crippen molar-refractivity contribution >= 4 is 35.8 Å². The molecule has 8 heteroatoms. The van der Waals surface area contributed by atoms with Crippen LogP contribution in [0, 0.1) is 5.92 Å².